The maximum absolute atomic E-state index is 13.1. The monoisotopic (exact) mass is 257 g/mol. The molecule has 17 heavy (non-hydrogen) atoms. The molecule has 1 fully saturated rings. The Morgan fingerprint density at radius 3 is 2.94 bits per heavy atom. The van der Waals surface area contributed by atoms with Gasteiger partial charge in [0.1, 0.15) is 5.82 Å². The Bertz CT molecular complexity index is 399. The number of halogens is 2. The van der Waals surface area contributed by atoms with E-state index in [4.69, 9.17) is 22.1 Å². The first-order valence-electron chi connectivity index (χ1n) is 5.91. The van der Waals surface area contributed by atoms with Crippen LogP contribution >= 0.6 is 11.6 Å². The first kappa shape index (κ1) is 12.8. The Morgan fingerprint density at radius 2 is 2.29 bits per heavy atom. The molecular formula is C13H17ClFNO. The van der Waals surface area contributed by atoms with Crippen molar-refractivity contribution in [2.45, 2.75) is 44.4 Å². The van der Waals surface area contributed by atoms with Crippen molar-refractivity contribution < 1.29 is 9.13 Å². The molecule has 3 unspecified atom stereocenters. The first-order valence-corrected chi connectivity index (χ1v) is 6.29. The largest absolute Gasteiger partial charge is 0.374 e. The highest BCUT2D eigenvalue weighted by molar-refractivity contribution is 6.31. The topological polar surface area (TPSA) is 35.2 Å². The molecule has 2 nitrogen and oxygen atoms in total. The Morgan fingerprint density at radius 1 is 1.53 bits per heavy atom. The third-order valence-corrected chi connectivity index (χ3v) is 3.57. The van der Waals surface area contributed by atoms with Gasteiger partial charge in [-0.25, -0.2) is 4.39 Å². The van der Waals surface area contributed by atoms with Crippen molar-refractivity contribution in [1.82, 2.24) is 0 Å². The van der Waals surface area contributed by atoms with Gasteiger partial charge in [0, 0.05) is 11.1 Å². The van der Waals surface area contributed by atoms with Gasteiger partial charge < -0.3 is 10.5 Å². The summed E-state index contributed by atoms with van der Waals surface area (Å²) in [5.74, 6) is -0.280. The van der Waals surface area contributed by atoms with E-state index in [0.29, 0.717) is 11.4 Å². The van der Waals surface area contributed by atoms with Gasteiger partial charge >= 0.3 is 0 Å². The van der Waals surface area contributed by atoms with Crippen LogP contribution in [0.4, 0.5) is 4.39 Å². The summed E-state index contributed by atoms with van der Waals surface area (Å²) in [7, 11) is 0. The Labute approximate surface area is 106 Å². The maximum atomic E-state index is 13.1. The van der Waals surface area contributed by atoms with E-state index < -0.39 is 0 Å². The second kappa shape index (κ2) is 5.34. The number of hydrogen-bond acceptors (Lipinski definition) is 2. The molecule has 0 bridgehead atoms. The number of ether oxygens (including phenoxy) is 1. The number of hydrogen-bond donors (Lipinski definition) is 1. The van der Waals surface area contributed by atoms with Crippen LogP contribution in [0.1, 0.15) is 25.3 Å². The third-order valence-electron chi connectivity index (χ3n) is 3.21. The van der Waals surface area contributed by atoms with E-state index in [1.165, 1.54) is 12.1 Å². The Hall–Kier alpha value is -0.640. The van der Waals surface area contributed by atoms with Crippen LogP contribution in [0, 0.1) is 5.82 Å². The van der Waals surface area contributed by atoms with Crippen molar-refractivity contribution in [1.29, 1.82) is 0 Å². The van der Waals surface area contributed by atoms with E-state index in [2.05, 4.69) is 0 Å². The van der Waals surface area contributed by atoms with Crippen LogP contribution in [0.2, 0.25) is 5.02 Å². The zero-order valence-electron chi connectivity index (χ0n) is 9.83. The van der Waals surface area contributed by atoms with Crippen molar-refractivity contribution in [3.63, 3.8) is 0 Å². The SMILES string of the molecule is CC1CCC(C(N)Cc2cc(F)ccc2Cl)O1. The summed E-state index contributed by atoms with van der Waals surface area (Å²) in [6.45, 7) is 2.04. The second-order valence-electron chi connectivity index (χ2n) is 4.67. The lowest BCUT2D eigenvalue weighted by molar-refractivity contribution is 0.0404. The van der Waals surface area contributed by atoms with Crippen LogP contribution in [0.3, 0.4) is 0 Å². The van der Waals surface area contributed by atoms with Crippen LogP contribution < -0.4 is 5.73 Å². The van der Waals surface area contributed by atoms with Crippen LogP contribution in [-0.4, -0.2) is 18.2 Å². The minimum Gasteiger partial charge on any atom is -0.374 e. The van der Waals surface area contributed by atoms with Crippen LogP contribution in [-0.2, 0) is 11.2 Å². The second-order valence-corrected chi connectivity index (χ2v) is 5.07. The molecule has 2 rings (SSSR count). The van der Waals surface area contributed by atoms with Gasteiger partial charge in [-0.05, 0) is 49.9 Å². The molecule has 0 saturated carbocycles. The molecule has 94 valence electrons. The summed E-state index contributed by atoms with van der Waals surface area (Å²) in [6.07, 6.45) is 2.89. The quantitative estimate of drug-likeness (QED) is 0.904. The number of rotatable bonds is 3. The molecule has 0 radical (unpaired) electrons. The maximum Gasteiger partial charge on any atom is 0.123 e. The molecule has 0 aliphatic carbocycles. The molecule has 1 aliphatic rings. The predicted octanol–water partition coefficient (Wildman–Crippen LogP) is 2.92. The summed E-state index contributed by atoms with van der Waals surface area (Å²) >= 11 is 6.01. The van der Waals surface area contributed by atoms with Gasteiger partial charge in [-0.15, -0.1) is 0 Å². The van der Waals surface area contributed by atoms with Crippen LogP contribution in [0.5, 0.6) is 0 Å². The van der Waals surface area contributed by atoms with Gasteiger partial charge in [-0.1, -0.05) is 11.6 Å². The first-order chi connectivity index (χ1) is 8.06. The third kappa shape index (κ3) is 3.18. The Balaban J connectivity index is 2.02. The van der Waals surface area contributed by atoms with Crippen molar-refractivity contribution in [2.75, 3.05) is 0 Å². The highest BCUT2D eigenvalue weighted by Crippen LogP contribution is 2.25. The van der Waals surface area contributed by atoms with E-state index in [1.807, 2.05) is 6.92 Å². The van der Waals surface area contributed by atoms with Crippen molar-refractivity contribution >= 4 is 11.6 Å². The van der Waals surface area contributed by atoms with E-state index in [1.54, 1.807) is 6.07 Å². The number of benzene rings is 1. The van der Waals surface area contributed by atoms with Gasteiger partial charge in [0.15, 0.2) is 0 Å². The molecule has 1 aliphatic heterocycles. The standard InChI is InChI=1S/C13H17ClFNO/c1-8-2-5-13(17-8)12(16)7-9-6-10(15)3-4-11(9)14/h3-4,6,8,12-13H,2,5,7,16H2,1H3. The molecule has 3 atom stereocenters. The predicted molar refractivity (Wildman–Crippen MR) is 66.7 cm³/mol. The van der Waals surface area contributed by atoms with Gasteiger partial charge in [-0.3, -0.25) is 0 Å². The van der Waals surface area contributed by atoms with Crippen molar-refractivity contribution in [3.8, 4) is 0 Å². The van der Waals surface area contributed by atoms with E-state index in [0.717, 1.165) is 18.4 Å². The lowest BCUT2D eigenvalue weighted by atomic mass is 10.00. The molecule has 1 heterocycles. The van der Waals surface area contributed by atoms with E-state index >= 15 is 0 Å². The molecule has 1 aromatic carbocycles. The average molecular weight is 258 g/mol. The molecule has 4 heteroatoms. The highest BCUT2D eigenvalue weighted by Gasteiger charge is 2.27. The average Bonchev–Trinajstić information content (AvgIpc) is 2.70. The normalized spacial score (nSPS) is 26.1. The van der Waals surface area contributed by atoms with Gasteiger partial charge in [0.25, 0.3) is 0 Å². The summed E-state index contributed by atoms with van der Waals surface area (Å²) in [4.78, 5) is 0. The molecule has 0 spiro atoms. The minimum atomic E-state index is -0.280. The fraction of sp³-hybridized carbons (Fsp3) is 0.538. The summed E-state index contributed by atoms with van der Waals surface area (Å²) in [5.41, 5.74) is 6.84. The molecule has 0 amide bonds. The van der Waals surface area contributed by atoms with Gasteiger partial charge in [0.05, 0.1) is 12.2 Å². The summed E-state index contributed by atoms with van der Waals surface area (Å²) in [6, 6.07) is 4.24. The van der Waals surface area contributed by atoms with Crippen LogP contribution in [0.15, 0.2) is 18.2 Å². The lowest BCUT2D eigenvalue weighted by Crippen LogP contribution is -2.36. The smallest absolute Gasteiger partial charge is 0.123 e. The fourth-order valence-electron chi connectivity index (χ4n) is 2.23. The highest BCUT2D eigenvalue weighted by atomic mass is 35.5. The molecule has 1 saturated heterocycles. The van der Waals surface area contributed by atoms with Gasteiger partial charge in [0.2, 0.25) is 0 Å². The minimum absolute atomic E-state index is 0.0596. The zero-order chi connectivity index (χ0) is 12.4. The van der Waals surface area contributed by atoms with Crippen LogP contribution in [0.25, 0.3) is 0 Å². The fourth-order valence-corrected chi connectivity index (χ4v) is 2.43. The van der Waals surface area contributed by atoms with E-state index in [9.17, 15) is 4.39 Å². The van der Waals surface area contributed by atoms with E-state index in [-0.39, 0.29) is 24.1 Å². The molecule has 0 aromatic heterocycles. The summed E-state index contributed by atoms with van der Waals surface area (Å²) < 4.78 is 18.8. The van der Waals surface area contributed by atoms with Crippen molar-refractivity contribution in [2.24, 2.45) is 5.73 Å². The zero-order valence-corrected chi connectivity index (χ0v) is 10.6. The molecule has 2 N–H and O–H groups in total. The number of nitrogens with two attached hydrogens (primary N) is 1. The molecular weight excluding hydrogens is 241 g/mol. The summed E-state index contributed by atoms with van der Waals surface area (Å²) in [5, 5.41) is 0.563. The van der Waals surface area contributed by atoms with Crippen molar-refractivity contribution in [3.05, 3.63) is 34.6 Å². The Kier molecular flexibility index (Phi) is 4.02. The molecule has 1 aromatic rings. The van der Waals surface area contributed by atoms with Gasteiger partial charge in [-0.2, -0.15) is 0 Å². The lowest BCUT2D eigenvalue weighted by Gasteiger charge is -2.20.